The van der Waals surface area contributed by atoms with Crippen LogP contribution >= 0.6 is 11.6 Å². The number of esters is 1. The number of hydrogen-bond acceptors (Lipinski definition) is 6. The first-order valence-corrected chi connectivity index (χ1v) is 8.86. The summed E-state index contributed by atoms with van der Waals surface area (Å²) >= 11 is 5.77. The van der Waals surface area contributed by atoms with Gasteiger partial charge in [0.15, 0.2) is 6.61 Å². The van der Waals surface area contributed by atoms with E-state index in [-0.39, 0.29) is 46.3 Å². The zero-order valence-electron chi connectivity index (χ0n) is 15.3. The topological polar surface area (TPSA) is 108 Å². The molecule has 0 heterocycles. The highest BCUT2D eigenvalue weighted by Crippen LogP contribution is 2.33. The minimum absolute atomic E-state index is 0.000409. The molecule has 0 bridgehead atoms. The lowest BCUT2D eigenvalue weighted by Crippen LogP contribution is -2.35. The van der Waals surface area contributed by atoms with Crippen molar-refractivity contribution in [3.8, 4) is 11.5 Å². The number of benzene rings is 2. The largest absolute Gasteiger partial charge is 0.452 e. The molecule has 8 nitrogen and oxygen atoms in total. The fraction of sp³-hybridized carbons (Fsp3) is 0.263. The van der Waals surface area contributed by atoms with Crippen molar-refractivity contribution in [1.82, 2.24) is 5.32 Å². The van der Waals surface area contributed by atoms with Gasteiger partial charge in [0.25, 0.3) is 5.91 Å². The van der Waals surface area contributed by atoms with Gasteiger partial charge < -0.3 is 14.8 Å². The lowest BCUT2D eigenvalue weighted by atomic mass is 10.2. The number of rotatable bonds is 8. The molecule has 9 heteroatoms. The van der Waals surface area contributed by atoms with Gasteiger partial charge in [-0.15, -0.1) is 0 Å². The summed E-state index contributed by atoms with van der Waals surface area (Å²) < 4.78 is 10.5. The molecule has 1 amide bonds. The second-order valence-corrected chi connectivity index (χ2v) is 6.38. The van der Waals surface area contributed by atoms with Crippen LogP contribution in [0.1, 0.15) is 30.6 Å². The smallest absolute Gasteiger partial charge is 0.338 e. The molecule has 28 heavy (non-hydrogen) atoms. The van der Waals surface area contributed by atoms with Gasteiger partial charge in [-0.1, -0.05) is 18.5 Å². The van der Waals surface area contributed by atoms with E-state index in [1.54, 1.807) is 0 Å². The van der Waals surface area contributed by atoms with E-state index in [4.69, 9.17) is 21.1 Å². The van der Waals surface area contributed by atoms with Crippen LogP contribution in [0.25, 0.3) is 0 Å². The number of hydrogen-bond donors (Lipinski definition) is 1. The van der Waals surface area contributed by atoms with Crippen molar-refractivity contribution in [3.63, 3.8) is 0 Å². The van der Waals surface area contributed by atoms with Crippen LogP contribution in [0.15, 0.2) is 42.5 Å². The first-order chi connectivity index (χ1) is 13.3. The van der Waals surface area contributed by atoms with Crippen LogP contribution in [0.4, 0.5) is 5.69 Å². The van der Waals surface area contributed by atoms with Gasteiger partial charge in [0.2, 0.25) is 5.75 Å². The Labute approximate surface area is 166 Å². The standard InChI is InChI=1S/C19H19ClN2O6/c1-3-12(2)21-18(23)11-27-19(24)13-4-7-15(8-5-13)28-17-9-6-14(20)10-16(17)22(25)26/h4-10,12H,3,11H2,1-2H3,(H,21,23)/t12-/m1/s1. The Balaban J connectivity index is 1.99. The van der Waals surface area contributed by atoms with Gasteiger partial charge in [-0.2, -0.15) is 0 Å². The summed E-state index contributed by atoms with van der Waals surface area (Å²) in [6.07, 6.45) is 0.771. The molecule has 2 rings (SSSR count). The van der Waals surface area contributed by atoms with E-state index in [0.717, 1.165) is 6.42 Å². The Kier molecular flexibility index (Phi) is 7.34. The minimum Gasteiger partial charge on any atom is -0.452 e. The van der Waals surface area contributed by atoms with Crippen molar-refractivity contribution in [2.75, 3.05) is 6.61 Å². The molecule has 0 aliphatic carbocycles. The third kappa shape index (κ3) is 5.95. The highest BCUT2D eigenvalue weighted by atomic mass is 35.5. The molecule has 1 atom stereocenters. The van der Waals surface area contributed by atoms with E-state index in [0.29, 0.717) is 0 Å². The number of nitro groups is 1. The third-order valence-corrected chi connectivity index (χ3v) is 4.02. The van der Waals surface area contributed by atoms with Gasteiger partial charge in [0.1, 0.15) is 5.75 Å². The van der Waals surface area contributed by atoms with Crippen molar-refractivity contribution < 1.29 is 24.0 Å². The summed E-state index contributed by atoms with van der Waals surface area (Å²) in [5, 5.41) is 14.0. The summed E-state index contributed by atoms with van der Waals surface area (Å²) in [7, 11) is 0. The van der Waals surface area contributed by atoms with E-state index in [9.17, 15) is 19.7 Å². The molecule has 1 N–H and O–H groups in total. The van der Waals surface area contributed by atoms with E-state index in [2.05, 4.69) is 5.32 Å². The van der Waals surface area contributed by atoms with E-state index >= 15 is 0 Å². The van der Waals surface area contributed by atoms with Crippen molar-refractivity contribution in [3.05, 3.63) is 63.2 Å². The van der Waals surface area contributed by atoms with Crippen molar-refractivity contribution in [1.29, 1.82) is 0 Å². The molecule has 0 spiro atoms. The van der Waals surface area contributed by atoms with E-state index < -0.39 is 10.9 Å². The van der Waals surface area contributed by atoms with E-state index in [1.165, 1.54) is 42.5 Å². The van der Waals surface area contributed by atoms with E-state index in [1.807, 2.05) is 13.8 Å². The number of carbonyl (C=O) groups excluding carboxylic acids is 2. The average Bonchev–Trinajstić information content (AvgIpc) is 2.67. The zero-order valence-corrected chi connectivity index (χ0v) is 16.1. The molecule has 0 fully saturated rings. The van der Waals surface area contributed by atoms with Crippen LogP contribution in [0.2, 0.25) is 5.02 Å². The van der Waals surface area contributed by atoms with Gasteiger partial charge >= 0.3 is 11.7 Å². The van der Waals surface area contributed by atoms with Gasteiger partial charge in [-0.05, 0) is 49.7 Å². The number of carbonyl (C=O) groups is 2. The monoisotopic (exact) mass is 406 g/mol. The van der Waals surface area contributed by atoms with Crippen LogP contribution in [0.5, 0.6) is 11.5 Å². The molecule has 0 saturated carbocycles. The van der Waals surface area contributed by atoms with Crippen LogP contribution in [-0.4, -0.2) is 29.4 Å². The molecular formula is C19H19ClN2O6. The maximum atomic E-state index is 12.0. The second kappa shape index (κ2) is 9.70. The van der Waals surface area contributed by atoms with Gasteiger partial charge in [-0.3, -0.25) is 14.9 Å². The van der Waals surface area contributed by atoms with Gasteiger partial charge in [0.05, 0.1) is 10.5 Å². The number of nitro benzene ring substituents is 1. The average molecular weight is 407 g/mol. The molecule has 0 unspecified atom stereocenters. The Morgan fingerprint density at radius 2 is 1.89 bits per heavy atom. The Morgan fingerprint density at radius 1 is 1.21 bits per heavy atom. The summed E-state index contributed by atoms with van der Waals surface area (Å²) in [6, 6.07) is 9.85. The highest BCUT2D eigenvalue weighted by Gasteiger charge is 2.17. The summed E-state index contributed by atoms with van der Waals surface area (Å²) in [5.74, 6) is -0.732. The van der Waals surface area contributed by atoms with Crippen molar-refractivity contribution in [2.24, 2.45) is 0 Å². The number of amides is 1. The normalized spacial score (nSPS) is 11.4. The third-order valence-electron chi connectivity index (χ3n) is 3.79. The maximum Gasteiger partial charge on any atom is 0.338 e. The predicted molar refractivity (Wildman–Crippen MR) is 103 cm³/mol. The van der Waals surface area contributed by atoms with Crippen LogP contribution in [0.3, 0.4) is 0 Å². The lowest BCUT2D eigenvalue weighted by Gasteiger charge is -2.11. The molecule has 148 valence electrons. The first-order valence-electron chi connectivity index (χ1n) is 8.48. The number of ether oxygens (including phenoxy) is 2. The molecule has 2 aromatic carbocycles. The minimum atomic E-state index is -0.664. The fourth-order valence-corrected chi connectivity index (χ4v) is 2.30. The first kappa shape index (κ1) is 21.2. The Morgan fingerprint density at radius 3 is 2.50 bits per heavy atom. The Bertz CT molecular complexity index is 869. The molecule has 0 saturated heterocycles. The predicted octanol–water partition coefficient (Wildman–Crippen LogP) is 4.11. The molecule has 0 aliphatic heterocycles. The van der Waals surface area contributed by atoms with Crippen molar-refractivity contribution >= 4 is 29.2 Å². The lowest BCUT2D eigenvalue weighted by molar-refractivity contribution is -0.385. The Hall–Kier alpha value is -3.13. The SMILES string of the molecule is CC[C@@H](C)NC(=O)COC(=O)c1ccc(Oc2ccc(Cl)cc2[N+](=O)[O-])cc1. The molecule has 0 radical (unpaired) electrons. The number of halogens is 1. The highest BCUT2D eigenvalue weighted by molar-refractivity contribution is 6.30. The molecular weight excluding hydrogens is 388 g/mol. The summed E-state index contributed by atoms with van der Waals surface area (Å²) in [4.78, 5) is 34.1. The van der Waals surface area contributed by atoms with Crippen molar-refractivity contribution in [2.45, 2.75) is 26.3 Å². The number of nitrogens with zero attached hydrogens (tertiary/aromatic N) is 1. The molecule has 0 aromatic heterocycles. The van der Waals surface area contributed by atoms with Crippen LogP contribution in [0, 0.1) is 10.1 Å². The molecule has 0 aliphatic rings. The zero-order chi connectivity index (χ0) is 20.7. The fourth-order valence-electron chi connectivity index (χ4n) is 2.14. The van der Waals surface area contributed by atoms with Gasteiger partial charge in [0, 0.05) is 17.1 Å². The van der Waals surface area contributed by atoms with Crippen LogP contribution in [-0.2, 0) is 9.53 Å². The summed E-state index contributed by atoms with van der Waals surface area (Å²) in [6.45, 7) is 3.40. The second-order valence-electron chi connectivity index (χ2n) is 5.95. The quantitative estimate of drug-likeness (QED) is 0.401. The maximum absolute atomic E-state index is 12.0. The van der Waals surface area contributed by atoms with Crippen LogP contribution < -0.4 is 10.1 Å². The number of nitrogens with one attached hydrogen (secondary N) is 1. The van der Waals surface area contributed by atoms with Gasteiger partial charge in [-0.25, -0.2) is 4.79 Å². The molecule has 2 aromatic rings. The summed E-state index contributed by atoms with van der Waals surface area (Å²) in [5.41, 5.74) is -0.0578.